The fraction of sp³-hybridized carbons (Fsp3) is 0.214. The minimum Gasteiger partial charge on any atom is -0.363 e. The van der Waals surface area contributed by atoms with Crippen molar-refractivity contribution in [3.8, 4) is 0 Å². The van der Waals surface area contributed by atoms with Gasteiger partial charge in [-0.05, 0) is 30.2 Å². The molecule has 1 aliphatic rings. The average molecular weight is 292 g/mol. The molecule has 0 saturated heterocycles. The Balaban J connectivity index is 1.96. The van der Waals surface area contributed by atoms with Crippen LogP contribution >= 0.6 is 0 Å². The summed E-state index contributed by atoms with van der Waals surface area (Å²) < 4.78 is 37.1. The molecule has 1 aromatic heterocycles. The quantitative estimate of drug-likeness (QED) is 0.864. The first-order valence-corrected chi connectivity index (χ1v) is 7.92. The Bertz CT molecular complexity index is 746. The lowest BCUT2D eigenvalue weighted by Gasteiger charge is -2.26. The zero-order valence-electron chi connectivity index (χ0n) is 10.6. The van der Waals surface area contributed by atoms with Crippen molar-refractivity contribution in [1.82, 2.24) is 4.98 Å². The number of aromatic nitrogens is 1. The van der Waals surface area contributed by atoms with E-state index < -0.39 is 15.8 Å². The van der Waals surface area contributed by atoms with Gasteiger partial charge in [0.25, 0.3) is 0 Å². The maximum absolute atomic E-state index is 13.1. The summed E-state index contributed by atoms with van der Waals surface area (Å²) in [5.74, 6) is -0.0763. The van der Waals surface area contributed by atoms with E-state index in [1.165, 1.54) is 6.07 Å². The van der Waals surface area contributed by atoms with E-state index in [-0.39, 0.29) is 11.8 Å². The number of nitrogens with one attached hydrogen (secondary N) is 1. The van der Waals surface area contributed by atoms with Gasteiger partial charge in [-0.15, -0.1) is 0 Å². The van der Waals surface area contributed by atoms with Crippen LogP contribution in [0.1, 0.15) is 18.0 Å². The lowest BCUT2D eigenvalue weighted by Crippen LogP contribution is -2.24. The molecule has 4 nitrogen and oxygen atoms in total. The van der Waals surface area contributed by atoms with Gasteiger partial charge in [0.2, 0.25) is 5.95 Å². The monoisotopic (exact) mass is 292 g/mol. The molecule has 2 aromatic rings. The molecule has 3 rings (SSSR count). The minimum absolute atomic E-state index is 0.0804. The molecule has 0 amide bonds. The zero-order chi connectivity index (χ0) is 14.2. The zero-order valence-corrected chi connectivity index (χ0v) is 11.4. The fourth-order valence-corrected chi connectivity index (χ4v) is 4.03. The lowest BCUT2D eigenvalue weighted by atomic mass is 10.0. The van der Waals surface area contributed by atoms with E-state index in [2.05, 4.69) is 10.3 Å². The Morgan fingerprint density at radius 2 is 1.95 bits per heavy atom. The van der Waals surface area contributed by atoms with Gasteiger partial charge in [-0.25, -0.2) is 13.4 Å². The predicted octanol–water partition coefficient (Wildman–Crippen LogP) is 2.55. The molecule has 0 bridgehead atoms. The number of rotatable bonds is 2. The van der Waals surface area contributed by atoms with Crippen LogP contribution in [0.5, 0.6) is 0 Å². The van der Waals surface area contributed by atoms with Crippen molar-refractivity contribution in [3.63, 3.8) is 0 Å². The van der Waals surface area contributed by atoms with Gasteiger partial charge in [-0.3, -0.25) is 0 Å². The molecule has 0 fully saturated rings. The second-order valence-corrected chi connectivity index (χ2v) is 6.77. The molecule has 2 heterocycles. The number of pyridine rings is 1. The second-order valence-electron chi connectivity index (χ2n) is 4.69. The first-order valence-electron chi connectivity index (χ1n) is 6.27. The largest absolute Gasteiger partial charge is 0.363 e. The van der Waals surface area contributed by atoms with E-state index in [1.54, 1.807) is 36.4 Å². The number of sulfone groups is 1. The topological polar surface area (TPSA) is 59.1 Å². The highest BCUT2D eigenvalue weighted by molar-refractivity contribution is 7.91. The van der Waals surface area contributed by atoms with Crippen molar-refractivity contribution in [2.24, 2.45) is 0 Å². The van der Waals surface area contributed by atoms with Gasteiger partial charge < -0.3 is 5.32 Å². The number of fused-ring (bicyclic) bond motifs is 1. The normalized spacial score (nSPS) is 20.1. The molecule has 0 saturated carbocycles. The van der Waals surface area contributed by atoms with Gasteiger partial charge in [-0.2, -0.15) is 4.39 Å². The van der Waals surface area contributed by atoms with Crippen molar-refractivity contribution < 1.29 is 12.8 Å². The summed E-state index contributed by atoms with van der Waals surface area (Å²) in [5, 5.41) is 3.10. The van der Waals surface area contributed by atoms with Crippen LogP contribution in [-0.2, 0) is 9.84 Å². The van der Waals surface area contributed by atoms with Crippen molar-refractivity contribution in [3.05, 3.63) is 54.0 Å². The summed E-state index contributed by atoms with van der Waals surface area (Å²) in [5.41, 5.74) is 0.713. The molecule has 1 unspecified atom stereocenters. The smallest absolute Gasteiger partial charge is 0.214 e. The van der Waals surface area contributed by atoms with Crippen molar-refractivity contribution in [2.75, 3.05) is 11.1 Å². The molecule has 1 aliphatic heterocycles. The third-order valence-corrected chi connectivity index (χ3v) is 5.16. The Kier molecular flexibility index (Phi) is 3.17. The lowest BCUT2D eigenvalue weighted by molar-refractivity contribution is 0.571. The Labute approximate surface area is 116 Å². The van der Waals surface area contributed by atoms with E-state index in [1.807, 2.05) is 0 Å². The maximum atomic E-state index is 13.1. The van der Waals surface area contributed by atoms with Crippen molar-refractivity contribution >= 4 is 15.7 Å². The van der Waals surface area contributed by atoms with Gasteiger partial charge in [0.1, 0.15) is 5.82 Å². The van der Waals surface area contributed by atoms with Gasteiger partial charge >= 0.3 is 0 Å². The molecule has 1 atom stereocenters. The first-order chi connectivity index (χ1) is 9.56. The fourth-order valence-electron chi connectivity index (χ4n) is 2.41. The summed E-state index contributed by atoms with van der Waals surface area (Å²) in [6, 6.07) is 11.2. The molecule has 1 aromatic carbocycles. The first kappa shape index (κ1) is 13.1. The van der Waals surface area contributed by atoms with Crippen LogP contribution in [0.4, 0.5) is 10.2 Å². The van der Waals surface area contributed by atoms with Crippen molar-refractivity contribution in [1.29, 1.82) is 0 Å². The molecule has 104 valence electrons. The third kappa shape index (κ3) is 2.38. The van der Waals surface area contributed by atoms with Crippen LogP contribution in [0, 0.1) is 5.95 Å². The van der Waals surface area contributed by atoms with Crippen LogP contribution in [0.2, 0.25) is 0 Å². The molecular formula is C14H13FN2O2S. The summed E-state index contributed by atoms with van der Waals surface area (Å²) >= 11 is 0. The molecule has 0 aliphatic carbocycles. The molecule has 20 heavy (non-hydrogen) atoms. The van der Waals surface area contributed by atoms with E-state index in [0.717, 1.165) is 0 Å². The molecule has 1 N–H and O–H groups in total. The van der Waals surface area contributed by atoms with Gasteiger partial charge in [0, 0.05) is 0 Å². The molecule has 6 heteroatoms. The van der Waals surface area contributed by atoms with Crippen LogP contribution in [0.15, 0.2) is 47.4 Å². The summed E-state index contributed by atoms with van der Waals surface area (Å²) in [7, 11) is -3.21. The van der Waals surface area contributed by atoms with E-state index in [9.17, 15) is 12.8 Å². The second kappa shape index (κ2) is 4.86. The van der Waals surface area contributed by atoms with E-state index >= 15 is 0 Å². The molecule has 0 spiro atoms. The summed E-state index contributed by atoms with van der Waals surface area (Å²) in [4.78, 5) is 4.10. The number of halogens is 1. The van der Waals surface area contributed by atoms with Crippen LogP contribution in [0.3, 0.4) is 0 Å². The minimum atomic E-state index is -3.21. The average Bonchev–Trinajstić information content (AvgIpc) is 2.43. The summed E-state index contributed by atoms with van der Waals surface area (Å²) in [6.45, 7) is 0. The number of anilines is 1. The molecule has 0 radical (unpaired) electrons. The van der Waals surface area contributed by atoms with Gasteiger partial charge in [0.15, 0.2) is 9.84 Å². The standard InChI is InChI=1S/C14H13FN2O2S/c15-13-6-3-7-14(17-13)16-11-8-9-20(18,19)12-5-2-1-4-10(11)12/h1-7,11H,8-9H2,(H,16,17). The van der Waals surface area contributed by atoms with Crippen molar-refractivity contribution in [2.45, 2.75) is 17.4 Å². The van der Waals surface area contributed by atoms with Crippen LogP contribution in [-0.4, -0.2) is 19.2 Å². The highest BCUT2D eigenvalue weighted by Crippen LogP contribution is 2.33. The Hall–Kier alpha value is -1.95. The number of benzene rings is 1. The number of hydrogen-bond acceptors (Lipinski definition) is 4. The predicted molar refractivity (Wildman–Crippen MR) is 73.7 cm³/mol. The molecular weight excluding hydrogens is 279 g/mol. The van der Waals surface area contributed by atoms with Crippen LogP contribution < -0.4 is 5.32 Å². The number of hydrogen-bond donors (Lipinski definition) is 1. The van der Waals surface area contributed by atoms with Gasteiger partial charge in [0.05, 0.1) is 16.7 Å². The highest BCUT2D eigenvalue weighted by atomic mass is 32.2. The highest BCUT2D eigenvalue weighted by Gasteiger charge is 2.29. The summed E-state index contributed by atoms with van der Waals surface area (Å²) in [6.07, 6.45) is 0.442. The maximum Gasteiger partial charge on any atom is 0.214 e. The SMILES string of the molecule is O=S1(=O)CCC(Nc2cccc(F)n2)c2ccccc21. The Morgan fingerprint density at radius 1 is 1.15 bits per heavy atom. The van der Waals surface area contributed by atoms with Gasteiger partial charge in [-0.1, -0.05) is 24.3 Å². The number of nitrogens with zero attached hydrogens (tertiary/aromatic N) is 1. The van der Waals surface area contributed by atoms with E-state index in [0.29, 0.717) is 22.7 Å². The third-order valence-electron chi connectivity index (χ3n) is 3.34. The van der Waals surface area contributed by atoms with E-state index in [4.69, 9.17) is 0 Å². The Morgan fingerprint density at radius 3 is 2.75 bits per heavy atom. The van der Waals surface area contributed by atoms with Crippen LogP contribution in [0.25, 0.3) is 0 Å².